The lowest BCUT2D eigenvalue weighted by molar-refractivity contribution is -0.116. The van der Waals surface area contributed by atoms with Crippen molar-refractivity contribution in [2.45, 2.75) is 46.3 Å². The van der Waals surface area contributed by atoms with Gasteiger partial charge in [0.05, 0.1) is 5.69 Å². The minimum absolute atomic E-state index is 0.0836. The maximum absolute atomic E-state index is 12.1. The second-order valence-electron chi connectivity index (χ2n) is 5.77. The van der Waals surface area contributed by atoms with Gasteiger partial charge in [-0.3, -0.25) is 4.79 Å². The van der Waals surface area contributed by atoms with Gasteiger partial charge in [-0.25, -0.2) is 0 Å². The van der Waals surface area contributed by atoms with Crippen LogP contribution >= 0.6 is 11.8 Å². The summed E-state index contributed by atoms with van der Waals surface area (Å²) in [5.74, 6) is 2.81. The molecule has 2 aromatic rings. The Kier molecular flexibility index (Phi) is 6.28. The van der Waals surface area contributed by atoms with Crippen molar-refractivity contribution in [1.29, 1.82) is 0 Å². The molecule has 0 radical (unpaired) electrons. The summed E-state index contributed by atoms with van der Waals surface area (Å²) < 4.78 is 5.15. The lowest BCUT2D eigenvalue weighted by Gasteiger charge is -2.11. The molecule has 5 heteroatoms. The highest BCUT2D eigenvalue weighted by Crippen LogP contribution is 2.21. The standard InChI is InChI=1S/C18H24N2O2S/c1-12-7-5-8-13(2)18(12)19-17(21)9-6-10-23-11-16-14(3)20-22-15(16)4/h5,7-8H,6,9-11H2,1-4H3,(H,19,21). The molecule has 0 fully saturated rings. The minimum Gasteiger partial charge on any atom is -0.361 e. The SMILES string of the molecule is Cc1cccc(C)c1NC(=O)CCCSCc1c(C)noc1C. The van der Waals surface area contributed by atoms with Crippen LogP contribution in [0.25, 0.3) is 0 Å². The third-order valence-corrected chi connectivity index (χ3v) is 4.94. The zero-order valence-electron chi connectivity index (χ0n) is 14.2. The summed E-state index contributed by atoms with van der Waals surface area (Å²) in [6.45, 7) is 7.93. The third kappa shape index (κ3) is 4.86. The molecule has 0 aliphatic rings. The van der Waals surface area contributed by atoms with E-state index in [1.54, 1.807) is 0 Å². The van der Waals surface area contributed by atoms with Crippen LogP contribution in [-0.2, 0) is 10.5 Å². The van der Waals surface area contributed by atoms with E-state index in [4.69, 9.17) is 4.52 Å². The third-order valence-electron chi connectivity index (χ3n) is 3.87. The van der Waals surface area contributed by atoms with Crippen LogP contribution in [0.1, 0.15) is 41.0 Å². The van der Waals surface area contributed by atoms with Crippen molar-refractivity contribution in [2.75, 3.05) is 11.1 Å². The summed E-state index contributed by atoms with van der Waals surface area (Å²) in [6, 6.07) is 6.04. The molecule has 1 N–H and O–H groups in total. The predicted molar refractivity (Wildman–Crippen MR) is 95.9 cm³/mol. The largest absolute Gasteiger partial charge is 0.361 e. The van der Waals surface area contributed by atoms with Crippen LogP contribution < -0.4 is 5.32 Å². The van der Waals surface area contributed by atoms with E-state index >= 15 is 0 Å². The maximum atomic E-state index is 12.1. The molecule has 0 aliphatic carbocycles. The zero-order chi connectivity index (χ0) is 16.8. The number of benzene rings is 1. The van der Waals surface area contributed by atoms with Crippen molar-refractivity contribution < 1.29 is 9.32 Å². The van der Waals surface area contributed by atoms with Gasteiger partial charge in [0.1, 0.15) is 5.76 Å². The van der Waals surface area contributed by atoms with Crippen LogP contribution in [0.5, 0.6) is 0 Å². The van der Waals surface area contributed by atoms with Crippen molar-refractivity contribution in [3.05, 3.63) is 46.3 Å². The van der Waals surface area contributed by atoms with Gasteiger partial charge in [-0.2, -0.15) is 11.8 Å². The number of nitrogens with zero attached hydrogens (tertiary/aromatic N) is 1. The number of rotatable bonds is 7. The van der Waals surface area contributed by atoms with Crippen molar-refractivity contribution in [1.82, 2.24) is 5.16 Å². The first-order valence-electron chi connectivity index (χ1n) is 7.84. The van der Waals surface area contributed by atoms with E-state index in [-0.39, 0.29) is 5.91 Å². The van der Waals surface area contributed by atoms with Crippen LogP contribution in [0.3, 0.4) is 0 Å². The number of hydrogen-bond acceptors (Lipinski definition) is 4. The first-order chi connectivity index (χ1) is 11.0. The molecule has 0 bridgehead atoms. The van der Waals surface area contributed by atoms with Gasteiger partial charge in [-0.05, 0) is 51.0 Å². The molecule has 0 atom stereocenters. The number of aryl methyl sites for hydroxylation is 4. The number of thioether (sulfide) groups is 1. The summed E-state index contributed by atoms with van der Waals surface area (Å²) in [5, 5.41) is 6.98. The highest BCUT2D eigenvalue weighted by molar-refractivity contribution is 7.98. The molecule has 0 spiro atoms. The number of aromatic nitrogens is 1. The number of carbonyl (C=O) groups is 1. The Morgan fingerprint density at radius 3 is 2.52 bits per heavy atom. The van der Waals surface area contributed by atoms with Crippen molar-refractivity contribution >= 4 is 23.4 Å². The molecule has 0 unspecified atom stereocenters. The van der Waals surface area contributed by atoms with Gasteiger partial charge in [0.15, 0.2) is 0 Å². The first-order valence-corrected chi connectivity index (χ1v) is 9.00. The smallest absolute Gasteiger partial charge is 0.224 e. The Balaban J connectivity index is 1.71. The van der Waals surface area contributed by atoms with E-state index in [0.29, 0.717) is 6.42 Å². The number of hydrogen-bond donors (Lipinski definition) is 1. The fourth-order valence-electron chi connectivity index (χ4n) is 2.43. The van der Waals surface area contributed by atoms with Gasteiger partial charge in [-0.1, -0.05) is 23.4 Å². The fraction of sp³-hybridized carbons (Fsp3) is 0.444. The van der Waals surface area contributed by atoms with Crippen LogP contribution in [0.4, 0.5) is 5.69 Å². The van der Waals surface area contributed by atoms with E-state index in [2.05, 4.69) is 10.5 Å². The summed E-state index contributed by atoms with van der Waals surface area (Å²) in [4.78, 5) is 12.1. The lowest BCUT2D eigenvalue weighted by atomic mass is 10.1. The molecular weight excluding hydrogens is 308 g/mol. The van der Waals surface area contributed by atoms with Crippen LogP contribution in [-0.4, -0.2) is 16.8 Å². The van der Waals surface area contributed by atoms with Gasteiger partial charge in [0.2, 0.25) is 5.91 Å². The molecule has 1 amide bonds. The minimum atomic E-state index is 0.0836. The molecule has 0 saturated carbocycles. The van der Waals surface area contributed by atoms with Gasteiger partial charge < -0.3 is 9.84 Å². The van der Waals surface area contributed by atoms with Gasteiger partial charge in [-0.15, -0.1) is 0 Å². The molecule has 4 nitrogen and oxygen atoms in total. The zero-order valence-corrected chi connectivity index (χ0v) is 15.0. The molecule has 23 heavy (non-hydrogen) atoms. The molecule has 124 valence electrons. The van der Waals surface area contributed by atoms with Crippen LogP contribution in [0.15, 0.2) is 22.7 Å². The van der Waals surface area contributed by atoms with Crippen molar-refractivity contribution in [3.8, 4) is 0 Å². The van der Waals surface area contributed by atoms with Crippen LogP contribution in [0.2, 0.25) is 0 Å². The highest BCUT2D eigenvalue weighted by Gasteiger charge is 2.09. The fourth-order valence-corrected chi connectivity index (χ4v) is 3.54. The Bertz CT molecular complexity index is 640. The van der Waals surface area contributed by atoms with E-state index in [9.17, 15) is 4.79 Å². The average Bonchev–Trinajstić information content (AvgIpc) is 2.82. The first kappa shape index (κ1) is 17.6. The number of amides is 1. The Morgan fingerprint density at radius 2 is 1.91 bits per heavy atom. The average molecular weight is 332 g/mol. The Morgan fingerprint density at radius 1 is 1.22 bits per heavy atom. The van der Waals surface area contributed by atoms with Crippen molar-refractivity contribution in [3.63, 3.8) is 0 Å². The number of anilines is 1. The number of para-hydroxylation sites is 1. The monoisotopic (exact) mass is 332 g/mol. The second-order valence-corrected chi connectivity index (χ2v) is 6.88. The molecule has 1 aromatic heterocycles. The van der Waals surface area contributed by atoms with E-state index in [0.717, 1.165) is 46.2 Å². The van der Waals surface area contributed by atoms with Gasteiger partial charge >= 0.3 is 0 Å². The predicted octanol–water partition coefficient (Wildman–Crippen LogP) is 4.56. The molecule has 0 aliphatic heterocycles. The summed E-state index contributed by atoms with van der Waals surface area (Å²) in [6.07, 6.45) is 1.41. The second kappa shape index (κ2) is 8.20. The summed E-state index contributed by atoms with van der Waals surface area (Å²) in [7, 11) is 0. The molecule has 0 saturated heterocycles. The molecule has 1 heterocycles. The van der Waals surface area contributed by atoms with Crippen molar-refractivity contribution in [2.24, 2.45) is 0 Å². The Hall–Kier alpha value is -1.75. The quantitative estimate of drug-likeness (QED) is 0.755. The maximum Gasteiger partial charge on any atom is 0.224 e. The Labute approximate surface area is 142 Å². The summed E-state index contributed by atoms with van der Waals surface area (Å²) in [5.41, 5.74) is 5.29. The van der Waals surface area contributed by atoms with E-state index in [1.165, 1.54) is 5.56 Å². The van der Waals surface area contributed by atoms with Crippen LogP contribution in [0, 0.1) is 27.7 Å². The van der Waals surface area contributed by atoms with Gasteiger partial charge in [0.25, 0.3) is 0 Å². The van der Waals surface area contributed by atoms with E-state index in [1.807, 2.05) is 57.7 Å². The number of carbonyl (C=O) groups excluding carboxylic acids is 1. The number of nitrogens with one attached hydrogen (secondary N) is 1. The topological polar surface area (TPSA) is 55.1 Å². The normalized spacial score (nSPS) is 10.8. The lowest BCUT2D eigenvalue weighted by Crippen LogP contribution is -2.13. The molecule has 1 aromatic carbocycles. The highest BCUT2D eigenvalue weighted by atomic mass is 32.2. The summed E-state index contributed by atoms with van der Waals surface area (Å²) >= 11 is 1.81. The molecular formula is C18H24N2O2S. The van der Waals surface area contributed by atoms with Gasteiger partial charge in [0, 0.05) is 23.4 Å². The molecule has 2 rings (SSSR count). The van der Waals surface area contributed by atoms with E-state index < -0.39 is 0 Å².